The number of carbonyl (C=O) groups excluding carboxylic acids is 1. The van der Waals surface area contributed by atoms with Crippen LogP contribution in [-0.4, -0.2) is 22.5 Å². The number of anilines is 2. The first kappa shape index (κ1) is 18.1. The second kappa shape index (κ2) is 8.11. The summed E-state index contributed by atoms with van der Waals surface area (Å²) in [4.78, 5) is 17.2. The lowest BCUT2D eigenvalue weighted by atomic mass is 10.0. The van der Waals surface area contributed by atoms with E-state index in [2.05, 4.69) is 10.3 Å². The van der Waals surface area contributed by atoms with Crippen LogP contribution in [0.25, 0.3) is 10.9 Å². The number of fused-ring (bicyclic) bond motifs is 1. The first-order valence-electron chi connectivity index (χ1n) is 9.02. The van der Waals surface area contributed by atoms with E-state index in [4.69, 9.17) is 0 Å². The number of hydrogen-bond acceptors (Lipinski definition) is 4. The number of pyridine rings is 1. The molecule has 0 unspecified atom stereocenters. The number of carbonyl (C=O) groups is 1. The van der Waals surface area contributed by atoms with Crippen LogP contribution in [0.3, 0.4) is 0 Å². The number of para-hydroxylation sites is 1. The van der Waals surface area contributed by atoms with Crippen molar-refractivity contribution in [3.05, 3.63) is 65.4 Å². The summed E-state index contributed by atoms with van der Waals surface area (Å²) in [6.45, 7) is 4.13. The van der Waals surface area contributed by atoms with Crippen LogP contribution < -0.4 is 5.32 Å². The van der Waals surface area contributed by atoms with E-state index < -0.39 is 0 Å². The van der Waals surface area contributed by atoms with Crippen LogP contribution in [0.15, 0.2) is 48.7 Å². The third kappa shape index (κ3) is 3.75. The molecule has 0 saturated carbocycles. The van der Waals surface area contributed by atoms with Crippen molar-refractivity contribution in [1.82, 2.24) is 4.98 Å². The SMILES string of the molecule is CCCC(=O)c1cnc2ccc(CCO)cc2c1Nc1ccccc1C. The molecular weight excluding hydrogens is 324 g/mol. The second-order valence-electron chi connectivity index (χ2n) is 6.49. The Morgan fingerprint density at radius 1 is 1.19 bits per heavy atom. The van der Waals surface area contributed by atoms with E-state index in [1.807, 2.05) is 56.3 Å². The monoisotopic (exact) mass is 348 g/mol. The Morgan fingerprint density at radius 3 is 2.73 bits per heavy atom. The zero-order valence-electron chi connectivity index (χ0n) is 15.2. The van der Waals surface area contributed by atoms with Crippen molar-refractivity contribution in [2.45, 2.75) is 33.1 Å². The Morgan fingerprint density at radius 2 is 2.00 bits per heavy atom. The highest BCUT2D eigenvalue weighted by Gasteiger charge is 2.16. The Balaban J connectivity index is 2.19. The maximum atomic E-state index is 12.7. The van der Waals surface area contributed by atoms with E-state index in [9.17, 15) is 9.90 Å². The van der Waals surface area contributed by atoms with Crippen LogP contribution in [0.1, 0.15) is 41.3 Å². The van der Waals surface area contributed by atoms with Gasteiger partial charge in [0.2, 0.25) is 0 Å². The van der Waals surface area contributed by atoms with Gasteiger partial charge in [-0.3, -0.25) is 9.78 Å². The fourth-order valence-corrected chi connectivity index (χ4v) is 3.08. The molecule has 1 heterocycles. The molecule has 0 aliphatic heterocycles. The minimum Gasteiger partial charge on any atom is -0.396 e. The lowest BCUT2D eigenvalue weighted by Gasteiger charge is -2.16. The van der Waals surface area contributed by atoms with Crippen LogP contribution >= 0.6 is 0 Å². The van der Waals surface area contributed by atoms with Crippen LogP contribution in [0.2, 0.25) is 0 Å². The number of aliphatic hydroxyl groups excluding tert-OH is 1. The molecule has 0 aliphatic carbocycles. The van der Waals surface area contributed by atoms with Gasteiger partial charge in [0.05, 0.1) is 16.8 Å². The molecule has 3 aromatic rings. The molecule has 4 heteroatoms. The molecule has 0 spiro atoms. The topological polar surface area (TPSA) is 62.2 Å². The molecule has 0 radical (unpaired) electrons. The lowest BCUT2D eigenvalue weighted by Crippen LogP contribution is -2.06. The van der Waals surface area contributed by atoms with Gasteiger partial charge in [0.15, 0.2) is 5.78 Å². The minimum atomic E-state index is 0.0885. The Hall–Kier alpha value is -2.72. The number of aryl methyl sites for hydroxylation is 1. The van der Waals surface area contributed by atoms with Crippen molar-refractivity contribution in [1.29, 1.82) is 0 Å². The van der Waals surface area contributed by atoms with Gasteiger partial charge in [0, 0.05) is 30.3 Å². The van der Waals surface area contributed by atoms with Gasteiger partial charge < -0.3 is 10.4 Å². The van der Waals surface area contributed by atoms with E-state index in [0.29, 0.717) is 18.4 Å². The maximum Gasteiger partial charge on any atom is 0.166 e. The van der Waals surface area contributed by atoms with Crippen LogP contribution in [0.4, 0.5) is 11.4 Å². The van der Waals surface area contributed by atoms with Crippen molar-refractivity contribution in [2.24, 2.45) is 0 Å². The van der Waals surface area contributed by atoms with E-state index in [1.165, 1.54) is 0 Å². The first-order chi connectivity index (χ1) is 12.6. The standard InChI is InChI=1S/C22H24N2O2/c1-3-6-21(26)18-14-23-20-10-9-16(11-12-25)13-17(20)22(18)24-19-8-5-4-7-15(19)2/h4-5,7-10,13-14,25H,3,6,11-12H2,1-2H3,(H,23,24). The van der Waals surface area contributed by atoms with Gasteiger partial charge in [0.1, 0.15) is 0 Å². The van der Waals surface area contributed by atoms with Gasteiger partial charge in [0.25, 0.3) is 0 Å². The molecule has 0 saturated heterocycles. The quantitative estimate of drug-likeness (QED) is 0.602. The van der Waals surface area contributed by atoms with E-state index in [-0.39, 0.29) is 12.4 Å². The fraction of sp³-hybridized carbons (Fsp3) is 0.273. The molecule has 2 aromatic carbocycles. The summed E-state index contributed by atoms with van der Waals surface area (Å²) in [5.41, 5.74) is 5.34. The Bertz CT molecular complexity index is 935. The summed E-state index contributed by atoms with van der Waals surface area (Å²) in [7, 11) is 0. The van der Waals surface area contributed by atoms with Gasteiger partial charge in [-0.25, -0.2) is 0 Å². The van der Waals surface area contributed by atoms with Crippen LogP contribution in [0, 0.1) is 6.92 Å². The summed E-state index contributed by atoms with van der Waals surface area (Å²) in [5.74, 6) is 0.0885. The molecule has 3 rings (SSSR count). The van der Waals surface area contributed by atoms with Crippen molar-refractivity contribution < 1.29 is 9.90 Å². The van der Waals surface area contributed by atoms with Crippen molar-refractivity contribution in [3.63, 3.8) is 0 Å². The molecule has 2 N–H and O–H groups in total. The van der Waals surface area contributed by atoms with Gasteiger partial charge >= 0.3 is 0 Å². The fourth-order valence-electron chi connectivity index (χ4n) is 3.08. The lowest BCUT2D eigenvalue weighted by molar-refractivity contribution is 0.0982. The number of aliphatic hydroxyl groups is 1. The average molecular weight is 348 g/mol. The summed E-state index contributed by atoms with van der Waals surface area (Å²) in [6.07, 6.45) is 3.54. The first-order valence-corrected chi connectivity index (χ1v) is 9.02. The molecule has 0 fully saturated rings. The number of rotatable bonds is 7. The summed E-state index contributed by atoms with van der Waals surface area (Å²) < 4.78 is 0. The highest BCUT2D eigenvalue weighted by atomic mass is 16.2. The van der Waals surface area contributed by atoms with Crippen molar-refractivity contribution >= 4 is 28.1 Å². The molecule has 0 atom stereocenters. The predicted octanol–water partition coefficient (Wildman–Crippen LogP) is 4.80. The van der Waals surface area contributed by atoms with Crippen molar-refractivity contribution in [2.75, 3.05) is 11.9 Å². The molecule has 0 bridgehead atoms. The largest absolute Gasteiger partial charge is 0.396 e. The normalized spacial score (nSPS) is 10.9. The third-order valence-corrected chi connectivity index (χ3v) is 4.52. The zero-order valence-corrected chi connectivity index (χ0v) is 15.2. The molecule has 0 aliphatic rings. The molecule has 26 heavy (non-hydrogen) atoms. The smallest absolute Gasteiger partial charge is 0.166 e. The van der Waals surface area contributed by atoms with Gasteiger partial charge in [-0.15, -0.1) is 0 Å². The van der Waals surface area contributed by atoms with Crippen molar-refractivity contribution in [3.8, 4) is 0 Å². The molecule has 4 nitrogen and oxygen atoms in total. The molecule has 134 valence electrons. The van der Waals surface area contributed by atoms with Crippen LogP contribution in [-0.2, 0) is 6.42 Å². The number of nitrogens with zero attached hydrogens (tertiary/aromatic N) is 1. The summed E-state index contributed by atoms with van der Waals surface area (Å²) in [5, 5.41) is 13.6. The highest BCUT2D eigenvalue weighted by molar-refractivity contribution is 6.09. The number of nitrogens with one attached hydrogen (secondary N) is 1. The second-order valence-corrected chi connectivity index (χ2v) is 6.49. The molecular formula is C22H24N2O2. The Kier molecular flexibility index (Phi) is 5.64. The van der Waals surface area contributed by atoms with Crippen LogP contribution in [0.5, 0.6) is 0 Å². The molecule has 0 amide bonds. The van der Waals surface area contributed by atoms with E-state index in [0.717, 1.165) is 39.8 Å². The predicted molar refractivity (Wildman–Crippen MR) is 106 cm³/mol. The van der Waals surface area contributed by atoms with Gasteiger partial charge in [-0.2, -0.15) is 0 Å². The van der Waals surface area contributed by atoms with Gasteiger partial charge in [-0.1, -0.05) is 31.2 Å². The summed E-state index contributed by atoms with van der Waals surface area (Å²) >= 11 is 0. The highest BCUT2D eigenvalue weighted by Crippen LogP contribution is 2.32. The number of hydrogen-bond donors (Lipinski definition) is 2. The average Bonchev–Trinajstić information content (AvgIpc) is 2.64. The number of Topliss-reactive ketones (excluding diaryl/α,β-unsaturated/α-hetero) is 1. The Labute approximate surface area is 153 Å². The summed E-state index contributed by atoms with van der Waals surface area (Å²) in [6, 6.07) is 13.9. The zero-order chi connectivity index (χ0) is 18.5. The minimum absolute atomic E-state index is 0.0885. The number of ketones is 1. The van der Waals surface area contributed by atoms with E-state index >= 15 is 0 Å². The third-order valence-electron chi connectivity index (χ3n) is 4.52. The number of aromatic nitrogens is 1. The van der Waals surface area contributed by atoms with E-state index in [1.54, 1.807) is 6.20 Å². The number of benzene rings is 2. The maximum absolute atomic E-state index is 12.7. The molecule has 1 aromatic heterocycles. The van der Waals surface area contributed by atoms with Gasteiger partial charge in [-0.05, 0) is 49.1 Å².